The summed E-state index contributed by atoms with van der Waals surface area (Å²) in [5, 5.41) is 5.90. The Morgan fingerprint density at radius 1 is 1.32 bits per heavy atom. The predicted molar refractivity (Wildman–Crippen MR) is 86.2 cm³/mol. The van der Waals surface area contributed by atoms with Crippen molar-refractivity contribution in [1.82, 2.24) is 19.9 Å². The van der Waals surface area contributed by atoms with Crippen molar-refractivity contribution >= 4 is 17.2 Å². The molecule has 0 spiro atoms. The molecule has 0 unspecified atom stereocenters. The van der Waals surface area contributed by atoms with E-state index in [1.54, 1.807) is 23.9 Å². The third-order valence-corrected chi connectivity index (χ3v) is 4.24. The van der Waals surface area contributed by atoms with Gasteiger partial charge in [0.1, 0.15) is 12.0 Å². The summed E-state index contributed by atoms with van der Waals surface area (Å²) in [6, 6.07) is 9.77. The third kappa shape index (κ3) is 3.23. The lowest BCUT2D eigenvalue weighted by atomic mass is 10.3. The van der Waals surface area contributed by atoms with Crippen molar-refractivity contribution in [3.8, 4) is 5.69 Å². The van der Waals surface area contributed by atoms with Gasteiger partial charge < -0.3 is 9.88 Å². The van der Waals surface area contributed by atoms with Crippen LogP contribution in [0.4, 0.5) is 0 Å². The highest BCUT2D eigenvalue weighted by atomic mass is 32.1. The van der Waals surface area contributed by atoms with Gasteiger partial charge in [0.15, 0.2) is 0 Å². The van der Waals surface area contributed by atoms with Crippen LogP contribution in [-0.4, -0.2) is 20.4 Å². The summed E-state index contributed by atoms with van der Waals surface area (Å²) in [5.74, 6) is -0.194. The lowest BCUT2D eigenvalue weighted by Crippen LogP contribution is -2.23. The molecule has 0 aliphatic carbocycles. The number of thiazole rings is 1. The van der Waals surface area contributed by atoms with Gasteiger partial charge in [-0.25, -0.2) is 9.97 Å². The molecular formula is C16H16N4OS. The van der Waals surface area contributed by atoms with Crippen molar-refractivity contribution in [2.45, 2.75) is 19.9 Å². The molecule has 1 N–H and O–H groups in total. The average Bonchev–Trinajstić information content (AvgIpc) is 3.22. The minimum absolute atomic E-state index is 0.194. The maximum Gasteiger partial charge on any atom is 0.271 e. The Hall–Kier alpha value is -2.47. The topological polar surface area (TPSA) is 59.8 Å². The minimum Gasteiger partial charge on any atom is -0.345 e. The monoisotopic (exact) mass is 312 g/mol. The first-order valence-corrected chi connectivity index (χ1v) is 7.95. The van der Waals surface area contributed by atoms with E-state index in [1.165, 1.54) is 0 Å². The van der Waals surface area contributed by atoms with Gasteiger partial charge in [-0.05, 0) is 18.6 Å². The molecule has 0 radical (unpaired) electrons. The smallest absolute Gasteiger partial charge is 0.271 e. The number of carbonyl (C=O) groups is 1. The van der Waals surface area contributed by atoms with Gasteiger partial charge >= 0.3 is 0 Å². The summed E-state index contributed by atoms with van der Waals surface area (Å²) in [4.78, 5) is 20.7. The summed E-state index contributed by atoms with van der Waals surface area (Å²) in [7, 11) is 0. The first-order valence-electron chi connectivity index (χ1n) is 7.07. The first kappa shape index (κ1) is 14.5. The van der Waals surface area contributed by atoms with Crippen LogP contribution in [0.1, 0.15) is 28.1 Å². The van der Waals surface area contributed by atoms with Crippen LogP contribution in [0, 0.1) is 0 Å². The molecule has 0 aliphatic heterocycles. The zero-order chi connectivity index (χ0) is 15.4. The summed E-state index contributed by atoms with van der Waals surface area (Å²) in [5.41, 5.74) is 2.26. The van der Waals surface area contributed by atoms with Crippen LogP contribution in [0.3, 0.4) is 0 Å². The molecule has 0 aliphatic rings. The van der Waals surface area contributed by atoms with Gasteiger partial charge in [0.05, 0.1) is 17.2 Å². The second-order valence-corrected chi connectivity index (χ2v) is 5.71. The number of amides is 1. The summed E-state index contributed by atoms with van der Waals surface area (Å²) in [6.45, 7) is 2.49. The number of hydrogen-bond donors (Lipinski definition) is 1. The van der Waals surface area contributed by atoms with E-state index in [2.05, 4.69) is 22.2 Å². The van der Waals surface area contributed by atoms with Crippen molar-refractivity contribution in [3.63, 3.8) is 0 Å². The molecule has 0 fully saturated rings. The molecule has 6 heteroatoms. The molecule has 22 heavy (non-hydrogen) atoms. The van der Waals surface area contributed by atoms with E-state index in [-0.39, 0.29) is 5.91 Å². The van der Waals surface area contributed by atoms with E-state index in [9.17, 15) is 4.79 Å². The number of nitrogens with zero attached hydrogens (tertiary/aromatic N) is 3. The maximum absolute atomic E-state index is 12.1. The van der Waals surface area contributed by atoms with E-state index in [4.69, 9.17) is 0 Å². The Balaban J connectivity index is 1.64. The number of aromatic nitrogens is 3. The lowest BCUT2D eigenvalue weighted by molar-refractivity contribution is 0.0946. The van der Waals surface area contributed by atoms with Gasteiger partial charge in [0, 0.05) is 17.3 Å². The number of rotatable bonds is 5. The number of benzene rings is 1. The molecule has 0 saturated carbocycles. The van der Waals surface area contributed by atoms with Gasteiger partial charge in [-0.1, -0.05) is 25.1 Å². The average molecular weight is 312 g/mol. The molecule has 5 nitrogen and oxygen atoms in total. The molecule has 3 aromatic rings. The van der Waals surface area contributed by atoms with Crippen LogP contribution in [0.15, 0.2) is 48.2 Å². The highest BCUT2D eigenvalue weighted by Gasteiger charge is 2.10. The van der Waals surface area contributed by atoms with Crippen molar-refractivity contribution < 1.29 is 4.79 Å². The Kier molecular flexibility index (Phi) is 4.29. The minimum atomic E-state index is -0.194. The van der Waals surface area contributed by atoms with Crippen molar-refractivity contribution in [2.75, 3.05) is 0 Å². The summed E-state index contributed by atoms with van der Waals surface area (Å²) < 4.78 is 1.83. The normalized spacial score (nSPS) is 10.6. The third-order valence-electron chi connectivity index (χ3n) is 3.20. The molecule has 1 amide bonds. The van der Waals surface area contributed by atoms with Gasteiger partial charge in [-0.3, -0.25) is 4.79 Å². The summed E-state index contributed by atoms with van der Waals surface area (Å²) >= 11 is 1.62. The summed E-state index contributed by atoms with van der Waals surface area (Å²) in [6.07, 6.45) is 4.28. The molecule has 2 aromatic heterocycles. The highest BCUT2D eigenvalue weighted by Crippen LogP contribution is 2.11. The number of nitrogens with one attached hydrogen (secondary N) is 1. The molecule has 112 valence electrons. The Morgan fingerprint density at radius 2 is 2.14 bits per heavy atom. The van der Waals surface area contributed by atoms with E-state index in [0.29, 0.717) is 12.2 Å². The Bertz CT molecular complexity index is 763. The van der Waals surface area contributed by atoms with Crippen molar-refractivity contribution in [3.05, 3.63) is 64.6 Å². The van der Waals surface area contributed by atoms with E-state index < -0.39 is 0 Å². The molecule has 0 saturated heterocycles. The number of para-hydroxylation sites is 1. The SMILES string of the molecule is CCc1nc(CNC(=O)c2cn(-c3ccccc3)cn2)cs1. The quantitative estimate of drug-likeness (QED) is 0.788. The van der Waals surface area contributed by atoms with E-state index in [1.807, 2.05) is 40.3 Å². The molecule has 1 aromatic carbocycles. The maximum atomic E-state index is 12.1. The number of hydrogen-bond acceptors (Lipinski definition) is 4. The van der Waals surface area contributed by atoms with Crippen LogP contribution in [0.25, 0.3) is 5.69 Å². The van der Waals surface area contributed by atoms with Crippen LogP contribution < -0.4 is 5.32 Å². The first-order chi connectivity index (χ1) is 10.8. The molecule has 0 bridgehead atoms. The zero-order valence-corrected chi connectivity index (χ0v) is 13.0. The molecule has 0 atom stereocenters. The molecule has 3 rings (SSSR count). The standard InChI is InChI=1S/C16H16N4OS/c1-2-15-19-12(10-22-15)8-17-16(21)14-9-20(11-18-14)13-6-4-3-5-7-13/h3-7,9-11H,2,8H2,1H3,(H,17,21). The van der Waals surface area contributed by atoms with Crippen molar-refractivity contribution in [1.29, 1.82) is 0 Å². The van der Waals surface area contributed by atoms with Crippen LogP contribution in [-0.2, 0) is 13.0 Å². The Labute approximate surface area is 132 Å². The fourth-order valence-corrected chi connectivity index (χ4v) is 2.78. The van der Waals surface area contributed by atoms with Gasteiger partial charge in [0.25, 0.3) is 5.91 Å². The van der Waals surface area contributed by atoms with Gasteiger partial charge in [-0.15, -0.1) is 11.3 Å². The second kappa shape index (κ2) is 6.53. The van der Waals surface area contributed by atoms with E-state index >= 15 is 0 Å². The van der Waals surface area contributed by atoms with Crippen LogP contribution in [0.5, 0.6) is 0 Å². The zero-order valence-electron chi connectivity index (χ0n) is 12.2. The van der Waals surface area contributed by atoms with Gasteiger partial charge in [-0.2, -0.15) is 0 Å². The Morgan fingerprint density at radius 3 is 2.86 bits per heavy atom. The van der Waals surface area contributed by atoms with Gasteiger partial charge in [0.2, 0.25) is 0 Å². The van der Waals surface area contributed by atoms with E-state index in [0.717, 1.165) is 22.8 Å². The number of imidazole rings is 1. The molecular weight excluding hydrogens is 296 g/mol. The number of carbonyl (C=O) groups excluding carboxylic acids is 1. The van der Waals surface area contributed by atoms with Crippen LogP contribution in [0.2, 0.25) is 0 Å². The highest BCUT2D eigenvalue weighted by molar-refractivity contribution is 7.09. The second-order valence-electron chi connectivity index (χ2n) is 4.77. The fraction of sp³-hybridized carbons (Fsp3) is 0.188. The fourth-order valence-electron chi connectivity index (χ4n) is 2.04. The van der Waals surface area contributed by atoms with Crippen LogP contribution >= 0.6 is 11.3 Å². The number of aryl methyl sites for hydroxylation is 1. The van der Waals surface area contributed by atoms with Crippen molar-refractivity contribution in [2.24, 2.45) is 0 Å². The lowest BCUT2D eigenvalue weighted by Gasteiger charge is -2.01. The predicted octanol–water partition coefficient (Wildman–Crippen LogP) is 2.82. The molecule has 2 heterocycles. The largest absolute Gasteiger partial charge is 0.345 e.